The van der Waals surface area contributed by atoms with Crippen LogP contribution in [-0.2, 0) is 14.3 Å². The van der Waals surface area contributed by atoms with E-state index in [2.05, 4.69) is 29.6 Å². The van der Waals surface area contributed by atoms with Crippen molar-refractivity contribution in [3.8, 4) is 11.1 Å². The number of hydrogen-bond donors (Lipinski definition) is 2. The Morgan fingerprint density at radius 3 is 2.27 bits per heavy atom. The van der Waals surface area contributed by atoms with Gasteiger partial charge in [-0.05, 0) is 67.7 Å². The fourth-order valence-electron chi connectivity index (χ4n) is 5.40. The molecule has 0 saturated carbocycles. The number of amides is 2. The number of carbonyl (C=O) groups excluding carboxylic acids is 2. The van der Waals surface area contributed by atoms with Gasteiger partial charge in [0.1, 0.15) is 12.2 Å². The lowest BCUT2D eigenvalue weighted by Gasteiger charge is -2.36. The molecular weight excluding hydrogens is 472 g/mol. The van der Waals surface area contributed by atoms with Crippen LogP contribution in [0.15, 0.2) is 48.5 Å². The fraction of sp³-hybridized carbons (Fsp3) is 0.483. The van der Waals surface area contributed by atoms with Crippen molar-refractivity contribution in [3.05, 3.63) is 59.7 Å². The molecule has 1 aliphatic carbocycles. The van der Waals surface area contributed by atoms with E-state index in [1.165, 1.54) is 11.1 Å². The van der Waals surface area contributed by atoms with Crippen LogP contribution in [0.25, 0.3) is 11.1 Å². The minimum atomic E-state index is -0.936. The summed E-state index contributed by atoms with van der Waals surface area (Å²) in [4.78, 5) is 38.4. The van der Waals surface area contributed by atoms with Gasteiger partial charge in [0, 0.05) is 25.6 Å². The fourth-order valence-corrected chi connectivity index (χ4v) is 5.40. The lowest BCUT2D eigenvalue weighted by Crippen LogP contribution is -2.45. The monoisotopic (exact) mass is 508 g/mol. The van der Waals surface area contributed by atoms with Crippen molar-refractivity contribution in [2.24, 2.45) is 11.8 Å². The van der Waals surface area contributed by atoms with E-state index in [1.54, 1.807) is 25.7 Å². The number of carboxylic acids is 1. The van der Waals surface area contributed by atoms with Gasteiger partial charge in [-0.1, -0.05) is 48.5 Å². The molecular formula is C29H36N2O6. The van der Waals surface area contributed by atoms with Crippen molar-refractivity contribution in [1.29, 1.82) is 0 Å². The summed E-state index contributed by atoms with van der Waals surface area (Å²) in [6, 6.07) is 16.4. The van der Waals surface area contributed by atoms with Gasteiger partial charge in [-0.25, -0.2) is 9.59 Å². The number of carbonyl (C=O) groups is 3. The number of benzene rings is 2. The molecule has 2 amide bonds. The molecule has 2 unspecified atom stereocenters. The van der Waals surface area contributed by atoms with E-state index in [9.17, 15) is 19.5 Å². The molecule has 1 saturated heterocycles. The van der Waals surface area contributed by atoms with Crippen molar-refractivity contribution in [2.75, 3.05) is 26.2 Å². The van der Waals surface area contributed by atoms with Gasteiger partial charge in [0.2, 0.25) is 0 Å². The third kappa shape index (κ3) is 6.61. The molecule has 2 N–H and O–H groups in total. The highest BCUT2D eigenvalue weighted by Crippen LogP contribution is 2.44. The van der Waals surface area contributed by atoms with E-state index in [0.717, 1.165) is 24.0 Å². The Hall–Kier alpha value is -3.55. The van der Waals surface area contributed by atoms with E-state index < -0.39 is 17.7 Å². The van der Waals surface area contributed by atoms with Crippen LogP contribution in [0.4, 0.5) is 9.59 Å². The SMILES string of the molecule is CC(C)(C)OC(=O)NCC(CC(=O)O)C1CCCN(C(=O)OCC2c3ccccc3-c3ccccc32)C1. The zero-order valence-electron chi connectivity index (χ0n) is 21.7. The third-order valence-corrected chi connectivity index (χ3v) is 7.06. The van der Waals surface area contributed by atoms with Gasteiger partial charge in [-0.3, -0.25) is 4.79 Å². The highest BCUT2D eigenvalue weighted by atomic mass is 16.6. The normalized spacial score (nSPS) is 17.9. The summed E-state index contributed by atoms with van der Waals surface area (Å²) in [7, 11) is 0. The lowest BCUT2D eigenvalue weighted by atomic mass is 9.83. The van der Waals surface area contributed by atoms with Gasteiger partial charge < -0.3 is 24.8 Å². The zero-order chi connectivity index (χ0) is 26.6. The predicted octanol–water partition coefficient (Wildman–Crippen LogP) is 5.26. The van der Waals surface area contributed by atoms with Crippen LogP contribution in [0.1, 0.15) is 57.1 Å². The molecule has 2 aromatic rings. The maximum atomic E-state index is 13.1. The van der Waals surface area contributed by atoms with Gasteiger partial charge in [-0.2, -0.15) is 0 Å². The molecule has 0 aromatic heterocycles. The van der Waals surface area contributed by atoms with Crippen molar-refractivity contribution in [2.45, 2.75) is 51.6 Å². The first-order valence-corrected chi connectivity index (χ1v) is 12.9. The van der Waals surface area contributed by atoms with Crippen LogP contribution in [-0.4, -0.2) is 60.0 Å². The zero-order valence-corrected chi connectivity index (χ0v) is 21.7. The lowest BCUT2D eigenvalue weighted by molar-refractivity contribution is -0.138. The van der Waals surface area contributed by atoms with E-state index in [-0.39, 0.29) is 43.4 Å². The molecule has 1 aliphatic heterocycles. The van der Waals surface area contributed by atoms with Crippen molar-refractivity contribution >= 4 is 18.2 Å². The highest BCUT2D eigenvalue weighted by molar-refractivity contribution is 5.79. The predicted molar refractivity (Wildman–Crippen MR) is 139 cm³/mol. The molecule has 8 nitrogen and oxygen atoms in total. The molecule has 0 spiro atoms. The highest BCUT2D eigenvalue weighted by Gasteiger charge is 2.34. The Morgan fingerprint density at radius 1 is 1.05 bits per heavy atom. The average Bonchev–Trinajstić information content (AvgIpc) is 3.17. The van der Waals surface area contributed by atoms with Crippen LogP contribution >= 0.6 is 0 Å². The van der Waals surface area contributed by atoms with Crippen LogP contribution < -0.4 is 5.32 Å². The van der Waals surface area contributed by atoms with Crippen LogP contribution in [0.2, 0.25) is 0 Å². The second-order valence-electron chi connectivity index (χ2n) is 10.9. The first kappa shape index (κ1) is 26.5. The van der Waals surface area contributed by atoms with Gasteiger partial charge in [0.05, 0.1) is 6.42 Å². The van der Waals surface area contributed by atoms with Crippen LogP contribution in [0.3, 0.4) is 0 Å². The summed E-state index contributed by atoms with van der Waals surface area (Å²) in [6.45, 7) is 6.69. The number of alkyl carbamates (subject to hydrolysis) is 1. The van der Waals surface area contributed by atoms with E-state index in [0.29, 0.717) is 13.1 Å². The molecule has 1 heterocycles. The molecule has 0 bridgehead atoms. The van der Waals surface area contributed by atoms with Crippen LogP contribution in [0.5, 0.6) is 0 Å². The van der Waals surface area contributed by atoms with Crippen molar-refractivity contribution in [3.63, 3.8) is 0 Å². The second-order valence-corrected chi connectivity index (χ2v) is 10.9. The number of ether oxygens (including phenoxy) is 2. The number of hydrogen-bond acceptors (Lipinski definition) is 5. The summed E-state index contributed by atoms with van der Waals surface area (Å²) in [5, 5.41) is 12.2. The minimum Gasteiger partial charge on any atom is -0.481 e. The summed E-state index contributed by atoms with van der Waals surface area (Å²) >= 11 is 0. The number of piperidine rings is 1. The Balaban J connectivity index is 1.37. The maximum Gasteiger partial charge on any atom is 0.409 e. The quantitative estimate of drug-likeness (QED) is 0.528. The first-order chi connectivity index (χ1) is 17.6. The van der Waals surface area contributed by atoms with Gasteiger partial charge >= 0.3 is 18.2 Å². The summed E-state index contributed by atoms with van der Waals surface area (Å²) in [5.41, 5.74) is 4.01. The maximum absolute atomic E-state index is 13.1. The van der Waals surface area contributed by atoms with Crippen LogP contribution in [0, 0.1) is 11.8 Å². The van der Waals surface area contributed by atoms with E-state index in [1.807, 2.05) is 24.3 Å². The van der Waals surface area contributed by atoms with E-state index >= 15 is 0 Å². The second kappa shape index (κ2) is 11.2. The molecule has 4 rings (SSSR count). The van der Waals surface area contributed by atoms with Gasteiger partial charge in [-0.15, -0.1) is 0 Å². The molecule has 198 valence electrons. The number of likely N-dealkylation sites (tertiary alicyclic amines) is 1. The van der Waals surface area contributed by atoms with Crippen molar-refractivity contribution < 1.29 is 29.0 Å². The standard InChI is InChI=1S/C29H36N2O6/c1-29(2,3)37-27(34)30-16-20(15-26(32)33)19-9-8-14-31(17-19)28(35)36-18-25-23-12-6-4-10-21(23)22-11-5-7-13-24(22)25/h4-7,10-13,19-20,25H,8-9,14-18H2,1-3H3,(H,30,34)(H,32,33). The summed E-state index contributed by atoms with van der Waals surface area (Å²) in [5.74, 6) is -1.35. The Bertz CT molecular complexity index is 1100. The van der Waals surface area contributed by atoms with Gasteiger partial charge in [0.15, 0.2) is 0 Å². The topological polar surface area (TPSA) is 105 Å². The Morgan fingerprint density at radius 2 is 1.68 bits per heavy atom. The number of nitrogens with one attached hydrogen (secondary N) is 1. The number of carboxylic acid groups (broad SMARTS) is 1. The van der Waals surface area contributed by atoms with E-state index in [4.69, 9.17) is 9.47 Å². The first-order valence-electron chi connectivity index (χ1n) is 12.9. The molecule has 8 heteroatoms. The number of nitrogens with zero attached hydrogens (tertiary/aromatic N) is 1. The molecule has 2 aliphatic rings. The summed E-state index contributed by atoms with van der Waals surface area (Å²) in [6.07, 6.45) is 0.463. The molecule has 2 atom stereocenters. The summed E-state index contributed by atoms with van der Waals surface area (Å²) < 4.78 is 11.1. The number of aliphatic carboxylic acids is 1. The molecule has 2 aromatic carbocycles. The minimum absolute atomic E-state index is 0.0188. The Labute approximate surface area is 217 Å². The Kier molecular flexibility index (Phi) is 8.05. The van der Waals surface area contributed by atoms with Crippen molar-refractivity contribution in [1.82, 2.24) is 10.2 Å². The largest absolute Gasteiger partial charge is 0.481 e. The molecule has 0 radical (unpaired) electrons. The molecule has 1 fully saturated rings. The number of fused-ring (bicyclic) bond motifs is 3. The smallest absolute Gasteiger partial charge is 0.409 e. The third-order valence-electron chi connectivity index (χ3n) is 7.06. The van der Waals surface area contributed by atoms with Gasteiger partial charge in [0.25, 0.3) is 0 Å². The number of rotatable bonds is 7. The average molecular weight is 509 g/mol. The molecule has 37 heavy (non-hydrogen) atoms.